The van der Waals surface area contributed by atoms with Gasteiger partial charge in [-0.25, -0.2) is 19.1 Å². The van der Waals surface area contributed by atoms with Crippen molar-refractivity contribution < 1.29 is 32.9 Å². The molecule has 12 nitrogen and oxygen atoms in total. The molecule has 3 aromatic carbocycles. The van der Waals surface area contributed by atoms with Crippen LogP contribution in [0.1, 0.15) is 12.0 Å². The first-order valence-corrected chi connectivity index (χ1v) is 15.6. The first kappa shape index (κ1) is 34.2. The van der Waals surface area contributed by atoms with Gasteiger partial charge in [0.1, 0.15) is 17.2 Å². The van der Waals surface area contributed by atoms with Crippen LogP contribution >= 0.6 is 0 Å². The Kier molecular flexibility index (Phi) is 11.5. The molecule has 1 saturated heterocycles. The van der Waals surface area contributed by atoms with Crippen molar-refractivity contribution >= 4 is 29.1 Å². The third kappa shape index (κ3) is 8.60. The lowest BCUT2D eigenvalue weighted by atomic mass is 10.1. The Morgan fingerprint density at radius 2 is 1.67 bits per heavy atom. The van der Waals surface area contributed by atoms with Crippen molar-refractivity contribution in [1.82, 2.24) is 19.8 Å². The van der Waals surface area contributed by atoms with Gasteiger partial charge in [-0.1, -0.05) is 6.07 Å². The molecule has 2 heterocycles. The van der Waals surface area contributed by atoms with Crippen molar-refractivity contribution in [3.63, 3.8) is 0 Å². The molecule has 0 radical (unpaired) electrons. The van der Waals surface area contributed by atoms with E-state index in [1.807, 2.05) is 13.0 Å². The first-order chi connectivity index (χ1) is 23.3. The number of hydrogen-bond acceptors (Lipinski definition) is 11. The normalized spacial score (nSPS) is 13.5. The molecular formula is C35H41FN6O6. The van der Waals surface area contributed by atoms with E-state index in [9.17, 15) is 9.18 Å². The second-order valence-electron chi connectivity index (χ2n) is 11.3. The van der Waals surface area contributed by atoms with Gasteiger partial charge in [-0.15, -0.1) is 0 Å². The molecule has 1 aliphatic heterocycles. The summed E-state index contributed by atoms with van der Waals surface area (Å²) in [5, 5.41) is 2.96. The number of likely N-dealkylation sites (N-methyl/N-ethyl adjacent to an activating group) is 1. The summed E-state index contributed by atoms with van der Waals surface area (Å²) in [4.78, 5) is 28.5. The summed E-state index contributed by atoms with van der Waals surface area (Å²) in [6, 6.07) is 16.5. The predicted octanol–water partition coefficient (Wildman–Crippen LogP) is 6.05. The number of rotatable bonds is 13. The molecule has 0 spiro atoms. The minimum absolute atomic E-state index is 0.0395. The number of aromatic nitrogens is 2. The number of aryl methyl sites for hydroxylation is 1. The molecule has 48 heavy (non-hydrogen) atoms. The number of ether oxygens (including phenoxy) is 5. The lowest BCUT2D eigenvalue weighted by Gasteiger charge is -2.32. The number of nitrogens with one attached hydrogen (secondary N) is 1. The van der Waals surface area contributed by atoms with Gasteiger partial charge in [-0.3, -0.25) is 0 Å². The lowest BCUT2D eigenvalue weighted by molar-refractivity contribution is 0.145. The number of methoxy groups -OCH3 is 3. The third-order valence-corrected chi connectivity index (χ3v) is 7.87. The lowest BCUT2D eigenvalue weighted by Crippen LogP contribution is -2.44. The van der Waals surface area contributed by atoms with Gasteiger partial charge in [0.25, 0.3) is 0 Å². The van der Waals surface area contributed by atoms with Crippen molar-refractivity contribution in [3.8, 4) is 28.9 Å². The Hall–Kier alpha value is -5.14. The molecular weight excluding hydrogens is 619 g/mol. The van der Waals surface area contributed by atoms with Crippen LogP contribution in [-0.4, -0.2) is 93.6 Å². The van der Waals surface area contributed by atoms with Crippen LogP contribution in [0.2, 0.25) is 0 Å². The van der Waals surface area contributed by atoms with Crippen molar-refractivity contribution in [3.05, 3.63) is 78.2 Å². The van der Waals surface area contributed by atoms with Crippen LogP contribution in [0.4, 0.5) is 32.2 Å². The maximum atomic E-state index is 14.9. The number of halogens is 1. The Morgan fingerprint density at radius 3 is 2.40 bits per heavy atom. The number of hydrogen-bond donors (Lipinski definition) is 1. The molecule has 1 fully saturated rings. The maximum absolute atomic E-state index is 14.9. The molecule has 0 saturated carbocycles. The fourth-order valence-corrected chi connectivity index (χ4v) is 5.23. The number of carbonyl (C=O) groups is 1. The van der Waals surface area contributed by atoms with E-state index in [0.29, 0.717) is 40.9 Å². The van der Waals surface area contributed by atoms with Crippen LogP contribution in [-0.2, 0) is 0 Å². The first-order valence-electron chi connectivity index (χ1n) is 15.6. The van der Waals surface area contributed by atoms with Crippen molar-refractivity contribution in [2.45, 2.75) is 13.3 Å². The SMILES string of the molecule is COc1ccc(N(C(=O)Oc2ccnc(Nc3ccc(OCCCN4CCN(C)CC4)c(F)c3)n2)c2cc(C)ccc2OC)c(OC)c1. The highest BCUT2D eigenvalue weighted by Gasteiger charge is 2.28. The Bertz CT molecular complexity index is 1700. The second-order valence-corrected chi connectivity index (χ2v) is 11.3. The van der Waals surface area contributed by atoms with E-state index >= 15 is 0 Å². The molecule has 0 atom stereocenters. The quantitative estimate of drug-likeness (QED) is 0.169. The molecule has 4 aromatic rings. The summed E-state index contributed by atoms with van der Waals surface area (Å²) in [6.07, 6.45) is 1.45. The number of nitrogens with zero attached hydrogens (tertiary/aromatic N) is 5. The standard InChI is InChI=1S/C35H41FN6O6/c1-24-7-11-31(45-4)29(21-24)42(28-10-9-26(44-3)23-32(28)46-5)35(43)48-33-13-14-37-34(39-33)38-25-8-12-30(27(36)22-25)47-20-6-15-41-18-16-40(2)17-19-41/h7-14,21-23H,6,15-20H2,1-5H3,(H,37,38,39). The van der Waals surface area contributed by atoms with Gasteiger partial charge in [-0.05, 0) is 62.4 Å². The van der Waals surface area contributed by atoms with E-state index in [2.05, 4.69) is 32.1 Å². The van der Waals surface area contributed by atoms with Crippen LogP contribution in [0.15, 0.2) is 66.9 Å². The second kappa shape index (κ2) is 16.1. The monoisotopic (exact) mass is 660 g/mol. The maximum Gasteiger partial charge on any atom is 0.426 e. The number of piperazine rings is 1. The fourth-order valence-electron chi connectivity index (χ4n) is 5.23. The summed E-state index contributed by atoms with van der Waals surface area (Å²) in [5.41, 5.74) is 2.10. The Labute approximate surface area is 280 Å². The van der Waals surface area contributed by atoms with E-state index in [1.54, 1.807) is 49.6 Å². The number of amides is 1. The minimum Gasteiger partial charge on any atom is -0.497 e. The highest BCUT2D eigenvalue weighted by Crippen LogP contribution is 2.41. The molecule has 0 bridgehead atoms. The number of anilines is 4. The van der Waals surface area contributed by atoms with E-state index in [0.717, 1.165) is 44.7 Å². The van der Waals surface area contributed by atoms with Gasteiger partial charge in [0.2, 0.25) is 11.8 Å². The van der Waals surface area contributed by atoms with Crippen molar-refractivity contribution in [1.29, 1.82) is 0 Å². The summed E-state index contributed by atoms with van der Waals surface area (Å²) >= 11 is 0. The summed E-state index contributed by atoms with van der Waals surface area (Å²) in [6.45, 7) is 7.41. The third-order valence-electron chi connectivity index (χ3n) is 7.87. The van der Waals surface area contributed by atoms with E-state index < -0.39 is 11.9 Å². The topological polar surface area (TPSA) is 111 Å². The summed E-state index contributed by atoms with van der Waals surface area (Å²) in [7, 11) is 6.68. The van der Waals surface area contributed by atoms with Crippen LogP contribution in [0.3, 0.4) is 0 Å². The van der Waals surface area contributed by atoms with Crippen LogP contribution in [0.25, 0.3) is 0 Å². The van der Waals surface area contributed by atoms with Gasteiger partial charge in [0.15, 0.2) is 11.6 Å². The van der Waals surface area contributed by atoms with Crippen LogP contribution in [0.5, 0.6) is 28.9 Å². The molecule has 5 rings (SSSR count). The number of benzene rings is 3. The van der Waals surface area contributed by atoms with Gasteiger partial charge < -0.3 is 38.8 Å². The number of carbonyl (C=O) groups excluding carboxylic acids is 1. The highest BCUT2D eigenvalue weighted by atomic mass is 19.1. The zero-order valence-corrected chi connectivity index (χ0v) is 27.9. The fraction of sp³-hybridized carbons (Fsp3) is 0.343. The van der Waals surface area contributed by atoms with Gasteiger partial charge in [-0.2, -0.15) is 4.98 Å². The van der Waals surface area contributed by atoms with Crippen LogP contribution < -0.4 is 33.9 Å². The van der Waals surface area contributed by atoms with E-state index in [1.165, 1.54) is 37.4 Å². The van der Waals surface area contributed by atoms with Crippen LogP contribution in [0, 0.1) is 12.7 Å². The van der Waals surface area contributed by atoms with Crippen molar-refractivity contribution in [2.24, 2.45) is 0 Å². The average Bonchev–Trinajstić information content (AvgIpc) is 3.09. The largest absolute Gasteiger partial charge is 0.497 e. The molecule has 0 unspecified atom stereocenters. The Balaban J connectivity index is 1.28. The minimum atomic E-state index is -0.785. The van der Waals surface area contributed by atoms with Gasteiger partial charge >= 0.3 is 6.09 Å². The average molecular weight is 661 g/mol. The zero-order valence-electron chi connectivity index (χ0n) is 27.9. The molecule has 1 aromatic heterocycles. The molecule has 1 aliphatic rings. The molecule has 13 heteroatoms. The molecule has 254 valence electrons. The Morgan fingerprint density at radius 1 is 0.896 bits per heavy atom. The van der Waals surface area contributed by atoms with Crippen molar-refractivity contribution in [2.75, 3.05) is 77.9 Å². The molecule has 0 aliphatic carbocycles. The molecule has 1 amide bonds. The van der Waals surface area contributed by atoms with Gasteiger partial charge in [0.05, 0.1) is 39.3 Å². The summed E-state index contributed by atoms with van der Waals surface area (Å²) < 4.78 is 42.9. The van der Waals surface area contributed by atoms with E-state index in [4.69, 9.17) is 23.7 Å². The summed E-state index contributed by atoms with van der Waals surface area (Å²) in [5.74, 6) is 1.06. The van der Waals surface area contributed by atoms with Gasteiger partial charge in [0, 0.05) is 62.8 Å². The van der Waals surface area contributed by atoms with E-state index in [-0.39, 0.29) is 17.6 Å². The predicted molar refractivity (Wildman–Crippen MR) is 181 cm³/mol. The highest BCUT2D eigenvalue weighted by molar-refractivity contribution is 6.00. The smallest absolute Gasteiger partial charge is 0.426 e. The zero-order chi connectivity index (χ0) is 34.0. The molecule has 1 N–H and O–H groups in total.